The van der Waals surface area contributed by atoms with Crippen molar-refractivity contribution in [2.45, 2.75) is 37.5 Å². The second-order valence-electron chi connectivity index (χ2n) is 6.63. The number of aromatic nitrogens is 2. The number of fused-ring (bicyclic) bond motifs is 1. The average molecular weight is 336 g/mol. The molecule has 0 N–H and O–H groups in total. The predicted octanol–water partition coefficient (Wildman–Crippen LogP) is 0.826. The Kier molecular flexibility index (Phi) is 4.77. The van der Waals surface area contributed by atoms with Crippen LogP contribution in [0.15, 0.2) is 16.1 Å². The van der Waals surface area contributed by atoms with Gasteiger partial charge in [0.05, 0.1) is 5.92 Å². The van der Waals surface area contributed by atoms with Gasteiger partial charge in [-0.15, -0.1) is 0 Å². The second-order valence-corrected chi connectivity index (χ2v) is 7.62. The molecule has 0 spiro atoms. The summed E-state index contributed by atoms with van der Waals surface area (Å²) in [6.07, 6.45) is 3.67. The Balaban J connectivity index is 1.71. The smallest absolute Gasteiger partial charge is 0.257 e. The SMILES string of the molecule is Cc1cnc2n(c1=O)CC(C(=O)N(C)C1CCN(C)CC1)CS2. The number of carbonyl (C=O) groups excluding carboxylic acids is 1. The molecule has 126 valence electrons. The maximum Gasteiger partial charge on any atom is 0.257 e. The van der Waals surface area contributed by atoms with Crippen LogP contribution < -0.4 is 5.56 Å². The summed E-state index contributed by atoms with van der Waals surface area (Å²) < 4.78 is 1.66. The molecule has 1 unspecified atom stereocenters. The van der Waals surface area contributed by atoms with Gasteiger partial charge in [0.2, 0.25) is 5.91 Å². The van der Waals surface area contributed by atoms with Crippen molar-refractivity contribution in [3.63, 3.8) is 0 Å². The first-order valence-electron chi connectivity index (χ1n) is 8.12. The standard InChI is InChI=1S/C16H24N4O2S/c1-11-8-17-16-20(14(11)21)9-12(10-23-16)15(22)19(3)13-4-6-18(2)7-5-13/h8,12-13H,4-7,9-10H2,1-3H3. The largest absolute Gasteiger partial charge is 0.342 e. The van der Waals surface area contributed by atoms with E-state index in [1.807, 2.05) is 11.9 Å². The quantitative estimate of drug-likeness (QED) is 0.749. The van der Waals surface area contributed by atoms with Crippen LogP contribution in [0.1, 0.15) is 18.4 Å². The maximum absolute atomic E-state index is 12.8. The molecule has 6 nitrogen and oxygen atoms in total. The van der Waals surface area contributed by atoms with Gasteiger partial charge in [-0.05, 0) is 39.9 Å². The number of likely N-dealkylation sites (tertiary alicyclic amines) is 1. The van der Waals surface area contributed by atoms with Gasteiger partial charge in [-0.25, -0.2) is 4.98 Å². The van der Waals surface area contributed by atoms with Crippen LogP contribution in [0.25, 0.3) is 0 Å². The van der Waals surface area contributed by atoms with Gasteiger partial charge in [0, 0.05) is 37.1 Å². The first-order valence-corrected chi connectivity index (χ1v) is 9.10. The molecule has 3 rings (SSSR count). The van der Waals surface area contributed by atoms with Gasteiger partial charge in [-0.3, -0.25) is 14.2 Å². The van der Waals surface area contributed by atoms with Crippen LogP contribution in [0.4, 0.5) is 0 Å². The Morgan fingerprint density at radius 2 is 2.09 bits per heavy atom. The molecule has 2 aliphatic rings. The minimum Gasteiger partial charge on any atom is -0.342 e. The third-order valence-corrected chi connectivity index (χ3v) is 6.08. The third kappa shape index (κ3) is 3.30. The van der Waals surface area contributed by atoms with E-state index < -0.39 is 0 Å². The summed E-state index contributed by atoms with van der Waals surface area (Å²) in [5.74, 6) is 0.718. The Morgan fingerprint density at radius 1 is 1.39 bits per heavy atom. The molecule has 1 amide bonds. The zero-order chi connectivity index (χ0) is 16.6. The number of hydrogen-bond acceptors (Lipinski definition) is 5. The van der Waals surface area contributed by atoms with Gasteiger partial charge < -0.3 is 9.80 Å². The normalized spacial score (nSPS) is 22.7. The fourth-order valence-electron chi connectivity index (χ4n) is 3.30. The van der Waals surface area contributed by atoms with Crippen LogP contribution in [-0.4, -0.2) is 64.2 Å². The highest BCUT2D eigenvalue weighted by Gasteiger charge is 2.32. The van der Waals surface area contributed by atoms with Crippen LogP contribution in [0, 0.1) is 12.8 Å². The zero-order valence-electron chi connectivity index (χ0n) is 14.0. The Morgan fingerprint density at radius 3 is 2.78 bits per heavy atom. The van der Waals surface area contributed by atoms with Crippen LogP contribution >= 0.6 is 11.8 Å². The van der Waals surface area contributed by atoms with Gasteiger partial charge in [0.1, 0.15) is 0 Å². The Bertz CT molecular complexity index is 652. The van der Waals surface area contributed by atoms with Gasteiger partial charge in [0.25, 0.3) is 5.56 Å². The maximum atomic E-state index is 12.8. The molecular formula is C16H24N4O2S. The number of nitrogens with zero attached hydrogens (tertiary/aromatic N) is 4. The molecule has 0 radical (unpaired) electrons. The Hall–Kier alpha value is -1.34. The number of piperidine rings is 1. The van der Waals surface area contributed by atoms with E-state index in [4.69, 9.17) is 0 Å². The number of rotatable bonds is 2. The summed E-state index contributed by atoms with van der Waals surface area (Å²) in [5.41, 5.74) is 0.605. The van der Waals surface area contributed by atoms with Gasteiger partial charge >= 0.3 is 0 Å². The minimum atomic E-state index is -0.140. The molecule has 1 aromatic rings. The summed E-state index contributed by atoms with van der Waals surface area (Å²) in [6, 6.07) is 0.317. The van der Waals surface area contributed by atoms with Crippen molar-refractivity contribution in [1.82, 2.24) is 19.4 Å². The van der Waals surface area contributed by atoms with E-state index in [0.29, 0.717) is 23.9 Å². The number of amides is 1. The molecule has 1 saturated heterocycles. The van der Waals surface area contributed by atoms with Crippen molar-refractivity contribution in [3.8, 4) is 0 Å². The molecular weight excluding hydrogens is 312 g/mol. The van der Waals surface area contributed by atoms with Crippen LogP contribution in [0.2, 0.25) is 0 Å². The molecule has 0 saturated carbocycles. The fourth-order valence-corrected chi connectivity index (χ4v) is 4.34. The molecule has 0 aliphatic carbocycles. The van der Waals surface area contributed by atoms with E-state index >= 15 is 0 Å². The van der Waals surface area contributed by atoms with Crippen molar-refractivity contribution in [1.29, 1.82) is 0 Å². The number of aryl methyl sites for hydroxylation is 1. The molecule has 0 aromatic carbocycles. The summed E-state index contributed by atoms with van der Waals surface area (Å²) in [7, 11) is 4.03. The van der Waals surface area contributed by atoms with E-state index in [2.05, 4.69) is 16.9 Å². The summed E-state index contributed by atoms with van der Waals surface area (Å²) in [5, 5.41) is 0.728. The Labute approximate surface area is 140 Å². The number of thioether (sulfide) groups is 1. The summed E-state index contributed by atoms with van der Waals surface area (Å²) in [4.78, 5) is 33.6. The zero-order valence-corrected chi connectivity index (χ0v) is 14.8. The van der Waals surface area contributed by atoms with Crippen LogP contribution in [0.3, 0.4) is 0 Å². The lowest BCUT2D eigenvalue weighted by Crippen LogP contribution is -2.48. The van der Waals surface area contributed by atoms with Gasteiger partial charge in [0.15, 0.2) is 5.16 Å². The van der Waals surface area contributed by atoms with E-state index in [0.717, 1.165) is 31.1 Å². The summed E-state index contributed by atoms with van der Waals surface area (Å²) >= 11 is 1.51. The molecule has 23 heavy (non-hydrogen) atoms. The first-order chi connectivity index (χ1) is 11.0. The van der Waals surface area contributed by atoms with Crippen molar-refractivity contribution in [2.24, 2.45) is 5.92 Å². The number of hydrogen-bond donors (Lipinski definition) is 0. The van der Waals surface area contributed by atoms with Crippen molar-refractivity contribution in [2.75, 3.05) is 32.9 Å². The molecule has 3 heterocycles. The molecule has 1 atom stereocenters. The van der Waals surface area contributed by atoms with Gasteiger partial charge in [-0.1, -0.05) is 11.8 Å². The summed E-state index contributed by atoms with van der Waals surface area (Å²) in [6.45, 7) is 4.29. The van der Waals surface area contributed by atoms with E-state index in [9.17, 15) is 9.59 Å². The molecule has 1 aromatic heterocycles. The molecule has 1 fully saturated rings. The fraction of sp³-hybridized carbons (Fsp3) is 0.688. The lowest BCUT2D eigenvalue weighted by molar-refractivity contribution is -0.137. The highest BCUT2D eigenvalue weighted by Crippen LogP contribution is 2.27. The minimum absolute atomic E-state index is 0.0260. The van der Waals surface area contributed by atoms with Crippen molar-refractivity contribution < 1.29 is 4.79 Å². The number of carbonyl (C=O) groups is 1. The topological polar surface area (TPSA) is 58.4 Å². The van der Waals surface area contributed by atoms with Crippen molar-refractivity contribution in [3.05, 3.63) is 22.1 Å². The molecule has 0 bridgehead atoms. The lowest BCUT2D eigenvalue weighted by Gasteiger charge is -2.37. The highest BCUT2D eigenvalue weighted by atomic mass is 32.2. The predicted molar refractivity (Wildman–Crippen MR) is 90.7 cm³/mol. The second kappa shape index (κ2) is 6.65. The van der Waals surface area contributed by atoms with E-state index in [-0.39, 0.29) is 17.4 Å². The molecule has 2 aliphatic heterocycles. The average Bonchev–Trinajstić information content (AvgIpc) is 2.57. The van der Waals surface area contributed by atoms with Crippen molar-refractivity contribution >= 4 is 17.7 Å². The first kappa shape index (κ1) is 16.5. The third-order valence-electron chi connectivity index (χ3n) is 4.93. The van der Waals surface area contributed by atoms with Crippen LogP contribution in [-0.2, 0) is 11.3 Å². The van der Waals surface area contributed by atoms with E-state index in [1.165, 1.54) is 11.8 Å². The van der Waals surface area contributed by atoms with Crippen LogP contribution in [0.5, 0.6) is 0 Å². The lowest BCUT2D eigenvalue weighted by atomic mass is 10.0. The monoisotopic (exact) mass is 336 g/mol. The molecule has 7 heteroatoms. The van der Waals surface area contributed by atoms with E-state index in [1.54, 1.807) is 17.7 Å². The highest BCUT2D eigenvalue weighted by molar-refractivity contribution is 7.99. The van der Waals surface area contributed by atoms with Gasteiger partial charge in [-0.2, -0.15) is 0 Å².